The number of nitriles is 1. The molecule has 0 atom stereocenters. The Morgan fingerprint density at radius 2 is 1.91 bits per heavy atom. The number of nitrogens with zero attached hydrogens (tertiary/aromatic N) is 5. The molecule has 1 aromatic heterocycles. The minimum Gasteiger partial charge on any atom is -0.345 e. The SMILES string of the molecule is Cc1nc(C(=O)CC(=O)N(Cc2cccc(Cl)c2)c2cc(C#N)cc(C(=O)N(C)C)c2)n[nH]1. The number of aryl methyl sites for hydroxylation is 1. The molecule has 0 saturated carbocycles. The van der Waals surface area contributed by atoms with Gasteiger partial charge in [-0.05, 0) is 42.8 Å². The van der Waals surface area contributed by atoms with E-state index in [0.29, 0.717) is 22.1 Å². The van der Waals surface area contributed by atoms with Crippen LogP contribution in [-0.4, -0.2) is 51.8 Å². The zero-order valence-electron chi connectivity index (χ0n) is 18.3. The van der Waals surface area contributed by atoms with Crippen LogP contribution >= 0.6 is 11.6 Å². The molecule has 0 aliphatic rings. The van der Waals surface area contributed by atoms with Gasteiger partial charge in [0.1, 0.15) is 5.82 Å². The summed E-state index contributed by atoms with van der Waals surface area (Å²) < 4.78 is 0. The van der Waals surface area contributed by atoms with E-state index in [9.17, 15) is 19.6 Å². The van der Waals surface area contributed by atoms with Gasteiger partial charge in [0.2, 0.25) is 17.5 Å². The molecule has 1 N–H and O–H groups in total. The van der Waals surface area contributed by atoms with Gasteiger partial charge < -0.3 is 9.80 Å². The van der Waals surface area contributed by atoms with Crippen molar-refractivity contribution < 1.29 is 14.4 Å². The third-order valence-corrected chi connectivity index (χ3v) is 4.94. The van der Waals surface area contributed by atoms with Crippen molar-refractivity contribution in [2.75, 3.05) is 19.0 Å². The highest BCUT2D eigenvalue weighted by atomic mass is 35.5. The summed E-state index contributed by atoms with van der Waals surface area (Å²) in [6.45, 7) is 1.72. The summed E-state index contributed by atoms with van der Waals surface area (Å²) in [6, 6.07) is 13.4. The van der Waals surface area contributed by atoms with E-state index in [1.807, 2.05) is 6.07 Å². The van der Waals surface area contributed by atoms with E-state index in [1.54, 1.807) is 45.3 Å². The highest BCUT2D eigenvalue weighted by Gasteiger charge is 2.24. The first-order valence-corrected chi connectivity index (χ1v) is 10.3. The van der Waals surface area contributed by atoms with Gasteiger partial charge in [0.05, 0.1) is 24.6 Å². The molecule has 33 heavy (non-hydrogen) atoms. The molecule has 0 spiro atoms. The van der Waals surface area contributed by atoms with Crippen LogP contribution in [0.2, 0.25) is 5.02 Å². The fourth-order valence-electron chi connectivity index (χ4n) is 3.13. The summed E-state index contributed by atoms with van der Waals surface area (Å²) in [5, 5.41) is 16.4. The largest absolute Gasteiger partial charge is 0.345 e. The number of aromatic nitrogens is 3. The lowest BCUT2D eigenvalue weighted by Gasteiger charge is -2.24. The monoisotopic (exact) mass is 464 g/mol. The first-order valence-electron chi connectivity index (χ1n) is 9.91. The van der Waals surface area contributed by atoms with Crippen LogP contribution in [-0.2, 0) is 11.3 Å². The Kier molecular flexibility index (Phi) is 7.20. The Bertz CT molecular complexity index is 1260. The molecule has 0 bridgehead atoms. The maximum Gasteiger partial charge on any atom is 0.253 e. The van der Waals surface area contributed by atoms with Crippen molar-refractivity contribution in [1.82, 2.24) is 20.1 Å². The van der Waals surface area contributed by atoms with Crippen LogP contribution in [0.5, 0.6) is 0 Å². The molecule has 2 aromatic carbocycles. The smallest absolute Gasteiger partial charge is 0.253 e. The highest BCUT2D eigenvalue weighted by Crippen LogP contribution is 2.24. The predicted molar refractivity (Wildman–Crippen MR) is 122 cm³/mol. The number of carbonyl (C=O) groups is 3. The molecule has 0 aliphatic heterocycles. The summed E-state index contributed by atoms with van der Waals surface area (Å²) >= 11 is 6.10. The second kappa shape index (κ2) is 10.1. The first kappa shape index (κ1) is 23.6. The maximum atomic E-state index is 13.3. The van der Waals surface area contributed by atoms with Gasteiger partial charge in [-0.25, -0.2) is 4.98 Å². The Morgan fingerprint density at radius 1 is 1.15 bits per heavy atom. The second-order valence-electron chi connectivity index (χ2n) is 7.53. The molecular formula is C23H21ClN6O3. The number of halogens is 1. The van der Waals surface area contributed by atoms with Crippen LogP contribution in [0.25, 0.3) is 0 Å². The van der Waals surface area contributed by atoms with Gasteiger partial charge in [-0.15, -0.1) is 0 Å². The van der Waals surface area contributed by atoms with Crippen LogP contribution in [0, 0.1) is 18.3 Å². The van der Waals surface area contributed by atoms with E-state index in [0.717, 1.165) is 0 Å². The van der Waals surface area contributed by atoms with Crippen molar-refractivity contribution in [3.8, 4) is 6.07 Å². The van der Waals surface area contributed by atoms with Crippen LogP contribution in [0.4, 0.5) is 5.69 Å². The lowest BCUT2D eigenvalue weighted by molar-refractivity contribution is -0.117. The topological polar surface area (TPSA) is 123 Å². The minimum atomic E-state index is -0.554. The van der Waals surface area contributed by atoms with Crippen molar-refractivity contribution >= 4 is 34.9 Å². The number of Topliss-reactive ketones (excluding diaryl/α,β-unsaturated/α-hetero) is 1. The highest BCUT2D eigenvalue weighted by molar-refractivity contribution is 6.30. The number of H-pyrrole nitrogens is 1. The van der Waals surface area contributed by atoms with Gasteiger partial charge in [-0.2, -0.15) is 10.4 Å². The number of amides is 2. The number of nitrogens with one attached hydrogen (secondary N) is 1. The molecular weight excluding hydrogens is 444 g/mol. The number of carbonyl (C=O) groups excluding carboxylic acids is 3. The van der Waals surface area contributed by atoms with E-state index in [2.05, 4.69) is 15.2 Å². The molecule has 9 nitrogen and oxygen atoms in total. The number of aromatic amines is 1. The van der Waals surface area contributed by atoms with Gasteiger partial charge >= 0.3 is 0 Å². The van der Waals surface area contributed by atoms with Crippen molar-refractivity contribution in [3.05, 3.63) is 75.8 Å². The van der Waals surface area contributed by atoms with Crippen LogP contribution in [0.15, 0.2) is 42.5 Å². The van der Waals surface area contributed by atoms with Gasteiger partial charge in [0, 0.05) is 30.4 Å². The number of hydrogen-bond donors (Lipinski definition) is 1. The third-order valence-electron chi connectivity index (χ3n) is 4.70. The third kappa shape index (κ3) is 5.81. The Hall–Kier alpha value is -4.03. The summed E-state index contributed by atoms with van der Waals surface area (Å²) in [4.78, 5) is 45.1. The average molecular weight is 465 g/mol. The Morgan fingerprint density at radius 3 is 2.52 bits per heavy atom. The molecule has 0 radical (unpaired) electrons. The van der Waals surface area contributed by atoms with Crippen LogP contribution in [0.3, 0.4) is 0 Å². The fraction of sp³-hybridized carbons (Fsp3) is 0.217. The molecule has 0 fully saturated rings. The summed E-state index contributed by atoms with van der Waals surface area (Å²) in [7, 11) is 3.18. The molecule has 1 heterocycles. The maximum absolute atomic E-state index is 13.3. The lowest BCUT2D eigenvalue weighted by atomic mass is 10.1. The average Bonchev–Trinajstić information content (AvgIpc) is 3.22. The molecule has 2 amide bonds. The molecule has 168 valence electrons. The predicted octanol–water partition coefficient (Wildman–Crippen LogP) is 3.15. The molecule has 10 heteroatoms. The fourth-order valence-corrected chi connectivity index (χ4v) is 3.35. The van der Waals surface area contributed by atoms with Crippen LogP contribution in [0.1, 0.15) is 44.3 Å². The van der Waals surface area contributed by atoms with E-state index < -0.39 is 18.1 Å². The zero-order chi connectivity index (χ0) is 24.1. The summed E-state index contributed by atoms with van der Waals surface area (Å²) in [5.74, 6) is -1.05. The summed E-state index contributed by atoms with van der Waals surface area (Å²) in [6.07, 6.45) is -0.494. The van der Waals surface area contributed by atoms with Gasteiger partial charge in [0.25, 0.3) is 5.91 Å². The minimum absolute atomic E-state index is 0.0736. The summed E-state index contributed by atoms with van der Waals surface area (Å²) in [5.41, 5.74) is 1.47. The quantitative estimate of drug-likeness (QED) is 0.423. The number of ketones is 1. The Balaban J connectivity index is 2.02. The van der Waals surface area contributed by atoms with E-state index in [-0.39, 0.29) is 29.4 Å². The zero-order valence-corrected chi connectivity index (χ0v) is 19.1. The Labute approximate surface area is 195 Å². The van der Waals surface area contributed by atoms with Crippen molar-refractivity contribution in [1.29, 1.82) is 5.26 Å². The van der Waals surface area contributed by atoms with Gasteiger partial charge in [0.15, 0.2) is 0 Å². The van der Waals surface area contributed by atoms with E-state index in [4.69, 9.17) is 11.6 Å². The van der Waals surface area contributed by atoms with Crippen molar-refractivity contribution in [3.63, 3.8) is 0 Å². The molecule has 3 aromatic rings. The second-order valence-corrected chi connectivity index (χ2v) is 7.97. The molecule has 0 aliphatic carbocycles. The molecule has 3 rings (SSSR count). The lowest BCUT2D eigenvalue weighted by Crippen LogP contribution is -2.32. The standard InChI is InChI=1S/C23H21ClN6O3/c1-14-26-22(28-27-14)20(31)11-21(32)30(13-15-5-4-6-18(24)8-15)19-9-16(12-25)7-17(10-19)23(33)29(2)3/h4-10H,11,13H2,1-3H3,(H,26,27,28). The molecule has 0 saturated heterocycles. The normalized spacial score (nSPS) is 10.4. The van der Waals surface area contributed by atoms with Gasteiger partial charge in [-0.1, -0.05) is 23.7 Å². The van der Waals surface area contributed by atoms with Crippen molar-refractivity contribution in [2.45, 2.75) is 19.9 Å². The number of rotatable bonds is 7. The van der Waals surface area contributed by atoms with Crippen LogP contribution < -0.4 is 4.90 Å². The van der Waals surface area contributed by atoms with Crippen molar-refractivity contribution in [2.24, 2.45) is 0 Å². The number of anilines is 1. The van der Waals surface area contributed by atoms with E-state index >= 15 is 0 Å². The van der Waals surface area contributed by atoms with E-state index in [1.165, 1.54) is 28.0 Å². The van der Waals surface area contributed by atoms with Gasteiger partial charge in [-0.3, -0.25) is 19.5 Å². The molecule has 0 unspecified atom stereocenters. The number of benzene rings is 2. The first-order chi connectivity index (χ1) is 15.7. The number of hydrogen-bond acceptors (Lipinski definition) is 6.